The first kappa shape index (κ1) is 21.6. The Morgan fingerprint density at radius 3 is 2.41 bits per heavy atom. The van der Waals surface area contributed by atoms with Gasteiger partial charge < -0.3 is 5.11 Å². The van der Waals surface area contributed by atoms with Crippen molar-refractivity contribution in [3.8, 4) is 0 Å². The molecule has 4 nitrogen and oxygen atoms in total. The van der Waals surface area contributed by atoms with E-state index in [1.54, 1.807) is 18.2 Å². The van der Waals surface area contributed by atoms with E-state index in [1.807, 2.05) is 6.08 Å². The van der Waals surface area contributed by atoms with Crippen molar-refractivity contribution in [2.24, 2.45) is 11.8 Å². The van der Waals surface area contributed by atoms with Gasteiger partial charge >= 0.3 is 5.97 Å². The third-order valence-corrected chi connectivity index (χ3v) is 5.39. The first-order chi connectivity index (χ1) is 12.9. The molecule has 2 rings (SSSR count). The normalized spacial score (nSPS) is 19.7. The van der Waals surface area contributed by atoms with Gasteiger partial charge in [-0.3, -0.25) is 14.4 Å². The number of ketones is 2. The van der Waals surface area contributed by atoms with Crippen LogP contribution in [0.3, 0.4) is 0 Å². The molecule has 1 aliphatic carbocycles. The number of aliphatic carboxylic acids is 1. The molecule has 1 N–H and O–H groups in total. The molecule has 0 unspecified atom stereocenters. The maximum Gasteiger partial charge on any atom is 0.303 e. The van der Waals surface area contributed by atoms with Crippen LogP contribution in [0.1, 0.15) is 61.7 Å². The fourth-order valence-corrected chi connectivity index (χ4v) is 4.06. The van der Waals surface area contributed by atoms with Crippen molar-refractivity contribution in [2.75, 3.05) is 0 Å². The Bertz CT molecular complexity index is 707. The van der Waals surface area contributed by atoms with Gasteiger partial charge in [0.2, 0.25) is 0 Å². The molecule has 1 aromatic carbocycles. The summed E-state index contributed by atoms with van der Waals surface area (Å²) in [5.41, 5.74) is 0.433. The number of hydrogen-bond acceptors (Lipinski definition) is 3. The molecule has 0 aromatic heterocycles. The monoisotopic (exact) mass is 410 g/mol. The van der Waals surface area contributed by atoms with Crippen LogP contribution in [0.15, 0.2) is 30.4 Å². The molecule has 27 heavy (non-hydrogen) atoms. The largest absolute Gasteiger partial charge is 0.481 e. The fraction of sp³-hybridized carbons (Fsp3) is 0.476. The van der Waals surface area contributed by atoms with Gasteiger partial charge in [0.05, 0.1) is 0 Å². The first-order valence-corrected chi connectivity index (χ1v) is 10.1. The highest BCUT2D eigenvalue weighted by Gasteiger charge is 2.32. The number of carboxylic acids is 1. The van der Waals surface area contributed by atoms with Crippen molar-refractivity contribution in [2.45, 2.75) is 51.4 Å². The second-order valence-corrected chi connectivity index (χ2v) is 7.88. The highest BCUT2D eigenvalue weighted by Crippen LogP contribution is 2.34. The van der Waals surface area contributed by atoms with Crippen LogP contribution in [-0.4, -0.2) is 22.6 Å². The Morgan fingerprint density at radius 1 is 1.07 bits per heavy atom. The van der Waals surface area contributed by atoms with E-state index in [0.717, 1.165) is 32.1 Å². The number of carboxylic acid groups (broad SMARTS) is 1. The number of allylic oxidation sites excluding steroid dienone is 2. The van der Waals surface area contributed by atoms with Gasteiger partial charge in [-0.1, -0.05) is 48.5 Å². The standard InChI is InChI=1S/C21H24Cl2O4/c22-16-11-15(12-17(23)13-16)19(24)9-7-14-8-10-20(25)18(14)5-3-1-2-4-6-21(26)27/h7,9,11-14,18H,1-6,8,10H2,(H,26,27)/t14-,18+/m1/s1. The average molecular weight is 411 g/mol. The molecule has 1 saturated carbocycles. The summed E-state index contributed by atoms with van der Waals surface area (Å²) in [6, 6.07) is 4.73. The van der Waals surface area contributed by atoms with E-state index >= 15 is 0 Å². The van der Waals surface area contributed by atoms with Crippen molar-refractivity contribution >= 4 is 40.7 Å². The number of benzene rings is 1. The average Bonchev–Trinajstić information content (AvgIpc) is 2.94. The fourth-order valence-electron chi connectivity index (χ4n) is 3.54. The van der Waals surface area contributed by atoms with Crippen LogP contribution in [-0.2, 0) is 9.59 Å². The Kier molecular flexibility index (Phi) is 8.52. The molecule has 0 radical (unpaired) electrons. The molecule has 6 heteroatoms. The smallest absolute Gasteiger partial charge is 0.303 e. The molecule has 1 aromatic rings. The number of carbonyl (C=O) groups excluding carboxylic acids is 2. The lowest BCUT2D eigenvalue weighted by molar-refractivity contribution is -0.137. The van der Waals surface area contributed by atoms with Gasteiger partial charge in [0, 0.05) is 34.4 Å². The van der Waals surface area contributed by atoms with Crippen molar-refractivity contribution < 1.29 is 19.5 Å². The minimum absolute atomic E-state index is 0.0449. The number of carbonyl (C=O) groups is 3. The molecule has 1 aliphatic rings. The van der Waals surface area contributed by atoms with Crippen molar-refractivity contribution in [1.29, 1.82) is 0 Å². The summed E-state index contributed by atoms with van der Waals surface area (Å²) in [5, 5.41) is 9.46. The number of halogens is 2. The zero-order valence-electron chi connectivity index (χ0n) is 15.1. The number of Topliss-reactive ketones (excluding diaryl/α,β-unsaturated/α-hetero) is 1. The molecule has 0 aliphatic heterocycles. The zero-order valence-corrected chi connectivity index (χ0v) is 16.6. The van der Waals surface area contributed by atoms with Gasteiger partial charge in [0.15, 0.2) is 5.78 Å². The van der Waals surface area contributed by atoms with Crippen molar-refractivity contribution in [3.05, 3.63) is 46.0 Å². The van der Waals surface area contributed by atoms with Gasteiger partial charge in [0.25, 0.3) is 0 Å². The van der Waals surface area contributed by atoms with E-state index in [9.17, 15) is 14.4 Å². The highest BCUT2D eigenvalue weighted by molar-refractivity contribution is 6.35. The molecule has 0 amide bonds. The molecule has 0 saturated heterocycles. The third kappa shape index (κ3) is 7.11. The molecule has 0 heterocycles. The second-order valence-electron chi connectivity index (χ2n) is 7.00. The van der Waals surface area contributed by atoms with Crippen molar-refractivity contribution in [3.63, 3.8) is 0 Å². The van der Waals surface area contributed by atoms with E-state index in [4.69, 9.17) is 28.3 Å². The molecule has 1 fully saturated rings. The van der Waals surface area contributed by atoms with Gasteiger partial charge in [-0.2, -0.15) is 0 Å². The van der Waals surface area contributed by atoms with E-state index < -0.39 is 5.97 Å². The molecule has 146 valence electrons. The predicted molar refractivity (Wildman–Crippen MR) is 106 cm³/mol. The minimum atomic E-state index is -0.767. The van der Waals surface area contributed by atoms with E-state index in [1.165, 1.54) is 6.08 Å². The molecule has 0 bridgehead atoms. The summed E-state index contributed by atoms with van der Waals surface area (Å²) in [4.78, 5) is 35.0. The van der Waals surface area contributed by atoms with Crippen LogP contribution in [0.5, 0.6) is 0 Å². The van der Waals surface area contributed by atoms with Crippen LogP contribution in [0, 0.1) is 11.8 Å². The van der Waals surface area contributed by atoms with Crippen LogP contribution >= 0.6 is 23.2 Å². The maximum absolute atomic E-state index is 12.3. The number of hydrogen-bond donors (Lipinski definition) is 1. The SMILES string of the molecule is O=C(O)CCCCCC[C@@H]1C(=O)CC[C@H]1C=CC(=O)c1cc(Cl)cc(Cl)c1. The highest BCUT2D eigenvalue weighted by atomic mass is 35.5. The Hall–Kier alpha value is -1.65. The lowest BCUT2D eigenvalue weighted by Crippen LogP contribution is -2.13. The van der Waals surface area contributed by atoms with Crippen LogP contribution in [0.4, 0.5) is 0 Å². The molecule has 2 atom stereocenters. The van der Waals surface area contributed by atoms with Gasteiger partial charge in [0.1, 0.15) is 5.78 Å². The van der Waals surface area contributed by atoms with E-state index in [2.05, 4.69) is 0 Å². The zero-order chi connectivity index (χ0) is 19.8. The van der Waals surface area contributed by atoms with Crippen LogP contribution in [0.25, 0.3) is 0 Å². The first-order valence-electron chi connectivity index (χ1n) is 9.30. The Balaban J connectivity index is 1.86. The van der Waals surface area contributed by atoms with E-state index in [-0.39, 0.29) is 29.8 Å². The lowest BCUT2D eigenvalue weighted by Gasteiger charge is -2.14. The summed E-state index contributed by atoms with van der Waals surface area (Å²) in [6.07, 6.45) is 9.03. The summed E-state index contributed by atoms with van der Waals surface area (Å²) >= 11 is 11.9. The van der Waals surface area contributed by atoms with E-state index in [0.29, 0.717) is 28.5 Å². The second kappa shape index (κ2) is 10.6. The number of rotatable bonds is 10. The number of unbranched alkanes of at least 4 members (excludes halogenated alkanes) is 3. The summed E-state index contributed by atoms with van der Waals surface area (Å²) in [7, 11) is 0. The lowest BCUT2D eigenvalue weighted by atomic mass is 9.89. The Morgan fingerprint density at radius 2 is 1.74 bits per heavy atom. The topological polar surface area (TPSA) is 71.4 Å². The van der Waals surface area contributed by atoms with Crippen molar-refractivity contribution in [1.82, 2.24) is 0 Å². The summed E-state index contributed by atoms with van der Waals surface area (Å²) in [6.45, 7) is 0. The maximum atomic E-state index is 12.3. The van der Waals surface area contributed by atoms with Crippen LogP contribution in [0.2, 0.25) is 10.0 Å². The molecular weight excluding hydrogens is 387 g/mol. The van der Waals surface area contributed by atoms with Gasteiger partial charge in [-0.15, -0.1) is 0 Å². The molecular formula is C21H24Cl2O4. The summed E-state index contributed by atoms with van der Waals surface area (Å²) < 4.78 is 0. The third-order valence-electron chi connectivity index (χ3n) is 4.95. The minimum Gasteiger partial charge on any atom is -0.481 e. The molecule has 0 spiro atoms. The van der Waals surface area contributed by atoms with Crippen LogP contribution < -0.4 is 0 Å². The quantitative estimate of drug-likeness (QED) is 0.302. The summed E-state index contributed by atoms with van der Waals surface area (Å²) in [5.74, 6) is -0.650. The van der Waals surface area contributed by atoms with Gasteiger partial charge in [-0.05, 0) is 49.5 Å². The van der Waals surface area contributed by atoms with Gasteiger partial charge in [-0.25, -0.2) is 0 Å². The predicted octanol–water partition coefficient (Wildman–Crippen LogP) is 5.75. The Labute approximate surface area is 169 Å².